The van der Waals surface area contributed by atoms with Crippen LogP contribution in [0.25, 0.3) is 10.2 Å². The van der Waals surface area contributed by atoms with Crippen LogP contribution in [-0.4, -0.2) is 4.98 Å². The summed E-state index contributed by atoms with van der Waals surface area (Å²) in [5, 5.41) is 0. The first-order valence-electron chi connectivity index (χ1n) is 5.84. The molecule has 6 heteroatoms. The van der Waals surface area contributed by atoms with E-state index in [0.717, 1.165) is 36.0 Å². The van der Waals surface area contributed by atoms with Crippen molar-refractivity contribution in [2.75, 3.05) is 5.73 Å². The lowest BCUT2D eigenvalue weighted by atomic mass is 10.2. The number of thioether (sulfide) groups is 1. The molecule has 0 atom stereocenters. The molecule has 20 heavy (non-hydrogen) atoms. The predicted molar refractivity (Wildman–Crippen MR) is 87.7 cm³/mol. The highest BCUT2D eigenvalue weighted by Crippen LogP contribution is 2.33. The molecule has 0 fully saturated rings. The number of anilines is 1. The third kappa shape index (κ3) is 2.97. The fourth-order valence-corrected chi connectivity index (χ4v) is 4.56. The van der Waals surface area contributed by atoms with Crippen LogP contribution in [0.2, 0.25) is 0 Å². The minimum Gasteiger partial charge on any atom is -0.399 e. The maximum absolute atomic E-state index is 13.0. The zero-order valence-corrected chi connectivity index (χ0v) is 13.5. The Bertz CT molecular complexity index is 773. The molecule has 0 aliphatic carbocycles. The minimum atomic E-state index is -0.235. The van der Waals surface area contributed by atoms with Gasteiger partial charge >= 0.3 is 0 Å². The average Bonchev–Trinajstić information content (AvgIpc) is 2.79. The zero-order valence-electron chi connectivity index (χ0n) is 10.3. The van der Waals surface area contributed by atoms with E-state index in [0.29, 0.717) is 0 Å². The Morgan fingerprint density at radius 1 is 1.25 bits per heavy atom. The van der Waals surface area contributed by atoms with Crippen LogP contribution >= 0.6 is 39.0 Å². The molecule has 0 aliphatic rings. The van der Waals surface area contributed by atoms with Gasteiger partial charge in [-0.25, -0.2) is 9.37 Å². The molecule has 0 unspecified atom stereocenters. The molecule has 0 amide bonds. The van der Waals surface area contributed by atoms with Crippen molar-refractivity contribution >= 4 is 54.9 Å². The van der Waals surface area contributed by atoms with Crippen LogP contribution in [0.15, 0.2) is 45.2 Å². The first-order chi connectivity index (χ1) is 9.61. The standard InChI is InChI=1S/C14H10BrFN2S2/c15-11-5-9(16)2-1-8(11)7-19-14-18-12-4-3-10(17)6-13(12)20-14/h1-6H,7,17H2. The summed E-state index contributed by atoms with van der Waals surface area (Å²) in [5.41, 5.74) is 8.53. The van der Waals surface area contributed by atoms with Crippen molar-refractivity contribution < 1.29 is 4.39 Å². The number of hydrogen-bond acceptors (Lipinski definition) is 4. The number of aromatic nitrogens is 1. The maximum Gasteiger partial charge on any atom is 0.151 e. The highest BCUT2D eigenvalue weighted by molar-refractivity contribution is 9.10. The highest BCUT2D eigenvalue weighted by atomic mass is 79.9. The Kier molecular flexibility index (Phi) is 3.96. The molecular weight excluding hydrogens is 359 g/mol. The Labute approximate surface area is 132 Å². The van der Waals surface area contributed by atoms with Crippen molar-refractivity contribution in [3.05, 3.63) is 52.3 Å². The summed E-state index contributed by atoms with van der Waals surface area (Å²) in [7, 11) is 0. The van der Waals surface area contributed by atoms with Crippen molar-refractivity contribution in [1.82, 2.24) is 4.98 Å². The van der Waals surface area contributed by atoms with Gasteiger partial charge in [0.2, 0.25) is 0 Å². The summed E-state index contributed by atoms with van der Waals surface area (Å²) in [4.78, 5) is 4.55. The van der Waals surface area contributed by atoms with Crippen molar-refractivity contribution in [2.45, 2.75) is 10.1 Å². The van der Waals surface area contributed by atoms with Crippen LogP contribution in [0.5, 0.6) is 0 Å². The molecule has 0 radical (unpaired) electrons. The SMILES string of the molecule is Nc1ccc2nc(SCc3ccc(F)cc3Br)sc2c1. The third-order valence-corrected chi connectivity index (χ3v) is 5.71. The van der Waals surface area contributed by atoms with Crippen LogP contribution < -0.4 is 5.73 Å². The molecule has 0 aliphatic heterocycles. The summed E-state index contributed by atoms with van der Waals surface area (Å²) < 4.78 is 15.9. The van der Waals surface area contributed by atoms with Gasteiger partial charge in [-0.1, -0.05) is 33.8 Å². The van der Waals surface area contributed by atoms with Crippen LogP contribution in [0.1, 0.15) is 5.56 Å². The van der Waals surface area contributed by atoms with Crippen LogP contribution in [0, 0.1) is 5.82 Å². The van der Waals surface area contributed by atoms with E-state index in [4.69, 9.17) is 5.73 Å². The average molecular weight is 369 g/mol. The molecule has 0 saturated heterocycles. The van der Waals surface area contributed by atoms with Crippen molar-refractivity contribution in [3.8, 4) is 0 Å². The molecule has 0 bridgehead atoms. The Morgan fingerprint density at radius 2 is 2.10 bits per heavy atom. The van der Waals surface area contributed by atoms with Gasteiger partial charge in [0.25, 0.3) is 0 Å². The third-order valence-electron chi connectivity index (χ3n) is 2.76. The Balaban J connectivity index is 1.79. The Hall–Kier alpha value is -1.11. The molecule has 1 heterocycles. The summed E-state index contributed by atoms with van der Waals surface area (Å²) >= 11 is 6.64. The Morgan fingerprint density at radius 3 is 2.90 bits per heavy atom. The van der Waals surface area contributed by atoms with Gasteiger partial charge in [-0.2, -0.15) is 0 Å². The van der Waals surface area contributed by atoms with Gasteiger partial charge in [-0.05, 0) is 35.9 Å². The van der Waals surface area contributed by atoms with E-state index in [1.54, 1.807) is 29.2 Å². The summed E-state index contributed by atoms with van der Waals surface area (Å²) in [6.45, 7) is 0. The van der Waals surface area contributed by atoms with E-state index in [1.165, 1.54) is 12.1 Å². The lowest BCUT2D eigenvalue weighted by Gasteiger charge is -2.02. The number of nitrogens with two attached hydrogens (primary N) is 1. The summed E-state index contributed by atoms with van der Waals surface area (Å²) in [6.07, 6.45) is 0. The first kappa shape index (κ1) is 13.9. The van der Waals surface area contributed by atoms with Gasteiger partial charge in [-0.3, -0.25) is 0 Å². The maximum atomic E-state index is 13.0. The molecule has 3 aromatic rings. The number of thiazole rings is 1. The monoisotopic (exact) mass is 368 g/mol. The molecule has 102 valence electrons. The molecule has 2 aromatic carbocycles. The van der Waals surface area contributed by atoms with E-state index in [1.807, 2.05) is 18.2 Å². The quantitative estimate of drug-likeness (QED) is 0.517. The predicted octanol–water partition coefficient (Wildman–Crippen LogP) is 5.07. The molecular formula is C14H10BrFN2S2. The van der Waals surface area contributed by atoms with Gasteiger partial charge in [0.15, 0.2) is 4.34 Å². The number of rotatable bonds is 3. The second-order valence-corrected chi connectivity index (χ2v) is 7.34. The lowest BCUT2D eigenvalue weighted by Crippen LogP contribution is -1.84. The van der Waals surface area contributed by atoms with Crippen molar-refractivity contribution in [1.29, 1.82) is 0 Å². The van der Waals surface area contributed by atoms with Crippen LogP contribution in [-0.2, 0) is 5.75 Å². The van der Waals surface area contributed by atoms with E-state index in [-0.39, 0.29) is 5.82 Å². The molecule has 1 aromatic heterocycles. The lowest BCUT2D eigenvalue weighted by molar-refractivity contribution is 0.626. The van der Waals surface area contributed by atoms with E-state index in [2.05, 4.69) is 20.9 Å². The number of halogens is 2. The van der Waals surface area contributed by atoms with Crippen molar-refractivity contribution in [2.24, 2.45) is 0 Å². The van der Waals surface area contributed by atoms with Gasteiger partial charge in [0.05, 0.1) is 10.2 Å². The smallest absolute Gasteiger partial charge is 0.151 e. The zero-order chi connectivity index (χ0) is 14.1. The normalized spacial score (nSPS) is 11.1. The molecule has 2 N–H and O–H groups in total. The molecule has 0 spiro atoms. The van der Waals surface area contributed by atoms with Gasteiger partial charge in [-0.15, -0.1) is 11.3 Å². The second-order valence-electron chi connectivity index (χ2n) is 4.23. The number of benzene rings is 2. The first-order valence-corrected chi connectivity index (χ1v) is 8.44. The molecule has 2 nitrogen and oxygen atoms in total. The molecule has 0 saturated carbocycles. The van der Waals surface area contributed by atoms with Gasteiger partial charge in [0, 0.05) is 15.9 Å². The highest BCUT2D eigenvalue weighted by Gasteiger charge is 2.07. The van der Waals surface area contributed by atoms with Gasteiger partial charge in [0.1, 0.15) is 5.82 Å². The number of hydrogen-bond donors (Lipinski definition) is 1. The van der Waals surface area contributed by atoms with Crippen LogP contribution in [0.4, 0.5) is 10.1 Å². The largest absolute Gasteiger partial charge is 0.399 e. The fourth-order valence-electron chi connectivity index (χ4n) is 1.76. The number of nitrogen functional groups attached to an aromatic ring is 1. The number of nitrogens with zero attached hydrogens (tertiary/aromatic N) is 1. The second kappa shape index (κ2) is 5.71. The van der Waals surface area contributed by atoms with Crippen LogP contribution in [0.3, 0.4) is 0 Å². The summed E-state index contributed by atoms with van der Waals surface area (Å²) in [5.74, 6) is 0.511. The van der Waals surface area contributed by atoms with E-state index < -0.39 is 0 Å². The van der Waals surface area contributed by atoms with E-state index >= 15 is 0 Å². The number of fused-ring (bicyclic) bond motifs is 1. The molecule has 3 rings (SSSR count). The topological polar surface area (TPSA) is 38.9 Å². The van der Waals surface area contributed by atoms with Gasteiger partial charge < -0.3 is 5.73 Å². The minimum absolute atomic E-state index is 0.235. The summed E-state index contributed by atoms with van der Waals surface area (Å²) in [6, 6.07) is 10.5. The van der Waals surface area contributed by atoms with Crippen molar-refractivity contribution in [3.63, 3.8) is 0 Å². The van der Waals surface area contributed by atoms with E-state index in [9.17, 15) is 4.39 Å². The fraction of sp³-hybridized carbons (Fsp3) is 0.0714.